The summed E-state index contributed by atoms with van der Waals surface area (Å²) in [5.74, 6) is 2.17. The van der Waals surface area contributed by atoms with Crippen molar-refractivity contribution < 1.29 is 0 Å². The Morgan fingerprint density at radius 1 is 1.10 bits per heavy atom. The molecule has 3 aliphatic carbocycles. The maximum absolute atomic E-state index is 4.50. The fourth-order valence-corrected chi connectivity index (χ4v) is 4.91. The van der Waals surface area contributed by atoms with E-state index in [1.54, 1.807) is 11.1 Å². The van der Waals surface area contributed by atoms with Gasteiger partial charge in [0.25, 0.3) is 0 Å². The van der Waals surface area contributed by atoms with Crippen LogP contribution < -0.4 is 5.32 Å². The average Bonchev–Trinajstić information content (AvgIpc) is 3.43. The van der Waals surface area contributed by atoms with Gasteiger partial charge in [-0.3, -0.25) is 0 Å². The van der Waals surface area contributed by atoms with E-state index in [9.17, 15) is 0 Å². The molecule has 108 valence electrons. The van der Waals surface area contributed by atoms with Gasteiger partial charge in [-0.1, -0.05) is 35.6 Å². The zero-order chi connectivity index (χ0) is 13.8. The van der Waals surface area contributed by atoms with Gasteiger partial charge in [0.15, 0.2) is 0 Å². The molecule has 0 aliphatic heterocycles. The highest BCUT2D eigenvalue weighted by Gasteiger charge is 2.55. The minimum absolute atomic E-state index is 0.640. The molecule has 21 heavy (non-hydrogen) atoms. The van der Waals surface area contributed by atoms with E-state index in [4.69, 9.17) is 0 Å². The fraction of sp³-hybridized carbons (Fsp3) is 0.529. The number of hydrogen-bond acceptors (Lipinski definition) is 4. The van der Waals surface area contributed by atoms with Gasteiger partial charge in [0.1, 0.15) is 10.0 Å². The SMILES string of the molecule is c1ccc2c(c1)CCC1C(c3nnc(CNC4CC4)s3)C21. The summed E-state index contributed by atoms with van der Waals surface area (Å²) in [7, 11) is 0. The van der Waals surface area contributed by atoms with E-state index in [0.717, 1.165) is 23.5 Å². The van der Waals surface area contributed by atoms with E-state index in [1.165, 1.54) is 30.7 Å². The summed E-state index contributed by atoms with van der Waals surface area (Å²) in [5.41, 5.74) is 3.13. The fourth-order valence-electron chi connectivity index (χ4n) is 3.89. The molecular formula is C17H19N3S. The summed E-state index contributed by atoms with van der Waals surface area (Å²) in [4.78, 5) is 0. The molecule has 0 amide bonds. The first-order valence-electron chi connectivity index (χ1n) is 8.03. The third-order valence-corrected chi connectivity index (χ3v) is 6.24. The predicted molar refractivity (Wildman–Crippen MR) is 83.5 cm³/mol. The van der Waals surface area contributed by atoms with E-state index < -0.39 is 0 Å². The lowest BCUT2D eigenvalue weighted by Gasteiger charge is -2.13. The maximum atomic E-state index is 4.50. The number of benzene rings is 1. The third-order valence-electron chi connectivity index (χ3n) is 5.22. The summed E-state index contributed by atoms with van der Waals surface area (Å²) in [6, 6.07) is 9.72. The van der Waals surface area contributed by atoms with Crippen molar-refractivity contribution in [3.05, 3.63) is 45.4 Å². The number of nitrogens with zero attached hydrogens (tertiary/aromatic N) is 2. The van der Waals surface area contributed by atoms with E-state index >= 15 is 0 Å². The summed E-state index contributed by atoms with van der Waals surface area (Å²) >= 11 is 1.83. The lowest BCUT2D eigenvalue weighted by Crippen LogP contribution is -2.14. The zero-order valence-electron chi connectivity index (χ0n) is 12.0. The van der Waals surface area contributed by atoms with Crippen LogP contribution in [0.15, 0.2) is 24.3 Å². The second kappa shape index (κ2) is 4.62. The Morgan fingerprint density at radius 3 is 2.90 bits per heavy atom. The van der Waals surface area contributed by atoms with E-state index in [-0.39, 0.29) is 0 Å². The molecule has 4 heteroatoms. The highest BCUT2D eigenvalue weighted by molar-refractivity contribution is 7.11. The Labute approximate surface area is 128 Å². The number of aryl methyl sites for hydroxylation is 1. The Balaban J connectivity index is 1.35. The molecule has 2 aromatic rings. The van der Waals surface area contributed by atoms with E-state index in [2.05, 4.69) is 39.8 Å². The molecule has 1 N–H and O–H groups in total. The van der Waals surface area contributed by atoms with Crippen molar-refractivity contribution in [2.24, 2.45) is 5.92 Å². The molecule has 3 aliphatic rings. The van der Waals surface area contributed by atoms with Crippen molar-refractivity contribution >= 4 is 11.3 Å². The molecule has 0 spiro atoms. The van der Waals surface area contributed by atoms with Crippen LogP contribution in [0.4, 0.5) is 0 Å². The molecule has 3 nitrogen and oxygen atoms in total. The number of fused-ring (bicyclic) bond motifs is 3. The van der Waals surface area contributed by atoms with E-state index in [1.807, 2.05) is 11.3 Å². The van der Waals surface area contributed by atoms with Crippen LogP contribution in [-0.4, -0.2) is 16.2 Å². The Bertz CT molecular complexity index is 676. The first kappa shape index (κ1) is 12.3. The highest BCUT2D eigenvalue weighted by Crippen LogP contribution is 2.65. The molecule has 2 saturated carbocycles. The molecular weight excluding hydrogens is 278 g/mol. The first-order chi connectivity index (χ1) is 10.4. The zero-order valence-corrected chi connectivity index (χ0v) is 12.8. The standard InChI is InChI=1S/C17H19N3S/c1-2-4-12-10(3-1)5-8-13-15(12)16(13)17-20-19-14(21-17)9-18-11-6-7-11/h1-4,11,13,15-16,18H,5-9H2. The first-order valence-corrected chi connectivity index (χ1v) is 8.85. The van der Waals surface area contributed by atoms with Crippen molar-refractivity contribution in [1.82, 2.24) is 15.5 Å². The van der Waals surface area contributed by atoms with Crippen LogP contribution in [0.25, 0.3) is 0 Å². The Hall–Kier alpha value is -1.26. The summed E-state index contributed by atoms with van der Waals surface area (Å²) < 4.78 is 0. The lowest BCUT2D eigenvalue weighted by atomic mass is 9.92. The number of aromatic nitrogens is 2. The van der Waals surface area contributed by atoms with Crippen molar-refractivity contribution in [3.8, 4) is 0 Å². The van der Waals surface area contributed by atoms with E-state index in [0.29, 0.717) is 11.8 Å². The van der Waals surface area contributed by atoms with Crippen LogP contribution in [0.5, 0.6) is 0 Å². The van der Waals surface area contributed by atoms with Crippen molar-refractivity contribution in [1.29, 1.82) is 0 Å². The van der Waals surface area contributed by atoms with Crippen molar-refractivity contribution in [2.75, 3.05) is 0 Å². The number of rotatable bonds is 4. The van der Waals surface area contributed by atoms with Gasteiger partial charge in [0, 0.05) is 18.5 Å². The summed E-state index contributed by atoms with van der Waals surface area (Å²) in [5, 5.41) is 14.9. The highest BCUT2D eigenvalue weighted by atomic mass is 32.1. The molecule has 0 bridgehead atoms. The largest absolute Gasteiger partial charge is 0.308 e. The minimum atomic E-state index is 0.640. The average molecular weight is 297 g/mol. The van der Waals surface area contributed by atoms with Gasteiger partial charge < -0.3 is 5.32 Å². The molecule has 3 atom stereocenters. The van der Waals surface area contributed by atoms with Gasteiger partial charge >= 0.3 is 0 Å². The quantitative estimate of drug-likeness (QED) is 0.941. The van der Waals surface area contributed by atoms with Crippen LogP contribution in [0.3, 0.4) is 0 Å². The molecule has 2 fully saturated rings. The molecule has 3 unspecified atom stereocenters. The summed E-state index contributed by atoms with van der Waals surface area (Å²) in [6.45, 7) is 0.904. The van der Waals surface area contributed by atoms with Crippen LogP contribution in [0.1, 0.15) is 52.2 Å². The van der Waals surface area contributed by atoms with Gasteiger partial charge in [-0.15, -0.1) is 10.2 Å². The monoisotopic (exact) mass is 297 g/mol. The lowest BCUT2D eigenvalue weighted by molar-refractivity contribution is 0.657. The molecule has 0 saturated heterocycles. The van der Waals surface area contributed by atoms with Crippen LogP contribution >= 0.6 is 11.3 Å². The summed E-state index contributed by atoms with van der Waals surface area (Å²) in [6.07, 6.45) is 5.22. The van der Waals surface area contributed by atoms with Gasteiger partial charge in [-0.2, -0.15) is 0 Å². The molecule has 0 radical (unpaired) electrons. The van der Waals surface area contributed by atoms with Crippen molar-refractivity contribution in [2.45, 2.75) is 50.1 Å². The topological polar surface area (TPSA) is 37.8 Å². The van der Waals surface area contributed by atoms with Crippen LogP contribution in [0, 0.1) is 5.92 Å². The molecule has 1 heterocycles. The molecule has 1 aromatic carbocycles. The Morgan fingerprint density at radius 2 is 2.00 bits per heavy atom. The van der Waals surface area contributed by atoms with Gasteiger partial charge in [-0.05, 0) is 48.6 Å². The maximum Gasteiger partial charge on any atom is 0.131 e. The number of hydrogen-bond donors (Lipinski definition) is 1. The van der Waals surface area contributed by atoms with Gasteiger partial charge in [0.05, 0.1) is 0 Å². The predicted octanol–water partition coefficient (Wildman–Crippen LogP) is 3.23. The van der Waals surface area contributed by atoms with Crippen molar-refractivity contribution in [3.63, 3.8) is 0 Å². The van der Waals surface area contributed by atoms with Crippen LogP contribution in [0.2, 0.25) is 0 Å². The smallest absolute Gasteiger partial charge is 0.131 e. The second-order valence-electron chi connectivity index (χ2n) is 6.64. The number of nitrogens with one attached hydrogen (secondary N) is 1. The van der Waals surface area contributed by atoms with Gasteiger partial charge in [-0.25, -0.2) is 0 Å². The molecule has 1 aromatic heterocycles. The third kappa shape index (κ3) is 2.12. The van der Waals surface area contributed by atoms with Crippen LogP contribution in [-0.2, 0) is 13.0 Å². The molecule has 5 rings (SSSR count). The normalized spacial score (nSPS) is 29.8. The Kier molecular flexibility index (Phi) is 2.70. The minimum Gasteiger partial charge on any atom is -0.308 e. The second-order valence-corrected chi connectivity index (χ2v) is 7.74. The van der Waals surface area contributed by atoms with Gasteiger partial charge in [0.2, 0.25) is 0 Å².